The molecule has 0 aliphatic heterocycles. The fourth-order valence-electron chi connectivity index (χ4n) is 2.17. The van der Waals surface area contributed by atoms with Gasteiger partial charge in [-0.2, -0.15) is 0 Å². The fraction of sp³-hybridized carbons (Fsp3) is 0.250. The number of halogens is 1. The number of ether oxygens (including phenoxy) is 2. The summed E-state index contributed by atoms with van der Waals surface area (Å²) in [5.41, 5.74) is 2.30. The Morgan fingerprint density at radius 3 is 2.24 bits per heavy atom. The first-order chi connectivity index (χ1) is 11.6. The largest absolute Gasteiger partial charge is 0.497 e. The molecule has 0 radical (unpaired) electrons. The molecule has 0 saturated carbocycles. The van der Waals surface area contributed by atoms with Gasteiger partial charge in [0.15, 0.2) is 0 Å². The summed E-state index contributed by atoms with van der Waals surface area (Å²) in [5, 5.41) is 0. The van der Waals surface area contributed by atoms with Crippen LogP contribution in [0.5, 0.6) is 5.75 Å². The number of rotatable bonds is 7. The predicted octanol–water partition coefficient (Wildman–Crippen LogP) is 2.35. The van der Waals surface area contributed by atoms with E-state index in [0.29, 0.717) is 12.2 Å². The number of hydrogen-bond acceptors (Lipinski definition) is 3. The zero-order chi connectivity index (χ0) is 17.4. The van der Waals surface area contributed by atoms with Gasteiger partial charge in [-0.3, -0.25) is 0 Å². The van der Waals surface area contributed by atoms with Gasteiger partial charge >= 0.3 is 5.97 Å². The van der Waals surface area contributed by atoms with Crippen LogP contribution >= 0.6 is 12.4 Å². The van der Waals surface area contributed by atoms with E-state index in [1.165, 1.54) is 4.90 Å². The summed E-state index contributed by atoms with van der Waals surface area (Å²) in [6, 6.07) is 17.2. The Labute approximate surface area is 155 Å². The third kappa shape index (κ3) is 6.61. The maximum atomic E-state index is 12.6. The van der Waals surface area contributed by atoms with E-state index in [0.717, 1.165) is 23.4 Å². The van der Waals surface area contributed by atoms with Crippen LogP contribution < -0.4 is 9.64 Å². The molecule has 0 atom stereocenters. The van der Waals surface area contributed by atoms with Gasteiger partial charge in [0, 0.05) is 0 Å². The van der Waals surface area contributed by atoms with Gasteiger partial charge < -0.3 is 14.4 Å². The molecular formula is C20H25ClNO3+. The maximum absolute atomic E-state index is 12.6. The minimum atomic E-state index is -0.315. The summed E-state index contributed by atoms with van der Waals surface area (Å²) < 4.78 is 10.6. The van der Waals surface area contributed by atoms with Crippen LogP contribution in [-0.2, 0) is 9.53 Å². The maximum Gasteiger partial charge on any atom is 0.338 e. The van der Waals surface area contributed by atoms with Crippen molar-refractivity contribution in [1.29, 1.82) is 0 Å². The van der Waals surface area contributed by atoms with E-state index in [9.17, 15) is 4.79 Å². The fourth-order valence-corrected chi connectivity index (χ4v) is 2.17. The van der Waals surface area contributed by atoms with Crippen LogP contribution in [0.4, 0.5) is 0 Å². The van der Waals surface area contributed by atoms with Crippen molar-refractivity contribution in [2.75, 3.05) is 34.4 Å². The monoisotopic (exact) mass is 362 g/mol. The zero-order valence-corrected chi connectivity index (χ0v) is 15.6. The number of carbonyl (C=O) groups is 1. The average molecular weight is 363 g/mol. The van der Waals surface area contributed by atoms with Crippen molar-refractivity contribution in [2.24, 2.45) is 0 Å². The average Bonchev–Trinajstić information content (AvgIpc) is 2.60. The molecular weight excluding hydrogens is 338 g/mol. The molecule has 2 rings (SSSR count). The molecule has 4 nitrogen and oxygen atoms in total. The molecule has 2 aromatic carbocycles. The second-order valence-electron chi connectivity index (χ2n) is 5.79. The summed E-state index contributed by atoms with van der Waals surface area (Å²) in [6.07, 6.45) is 1.85. The van der Waals surface area contributed by atoms with E-state index >= 15 is 0 Å². The molecule has 0 heterocycles. The summed E-state index contributed by atoms with van der Waals surface area (Å²) in [6.45, 7) is 1.16. The van der Waals surface area contributed by atoms with Crippen LogP contribution in [-0.4, -0.2) is 40.3 Å². The molecule has 0 bridgehead atoms. The molecule has 1 N–H and O–H groups in total. The molecule has 5 heteroatoms. The van der Waals surface area contributed by atoms with E-state index < -0.39 is 0 Å². The van der Waals surface area contributed by atoms with E-state index in [4.69, 9.17) is 9.47 Å². The number of carbonyl (C=O) groups excluding carboxylic acids is 1. The van der Waals surface area contributed by atoms with Crippen molar-refractivity contribution in [2.45, 2.75) is 0 Å². The molecule has 2 aromatic rings. The molecule has 0 fully saturated rings. The van der Waals surface area contributed by atoms with Gasteiger partial charge in [0.2, 0.25) is 0 Å². The quantitative estimate of drug-likeness (QED) is 0.467. The summed E-state index contributed by atoms with van der Waals surface area (Å²) >= 11 is 0. The van der Waals surface area contributed by atoms with Crippen LogP contribution in [0.15, 0.2) is 54.6 Å². The number of nitrogens with one attached hydrogen (secondary N) is 1. The Morgan fingerprint density at radius 1 is 1.04 bits per heavy atom. The number of esters is 1. The van der Waals surface area contributed by atoms with Crippen molar-refractivity contribution in [3.63, 3.8) is 0 Å². The standard InChI is InChI=1S/C20H23NO3.ClH/c1-21(2)13-14-24-20(22)19(15-16-7-5-4-6-8-16)17-9-11-18(23-3)12-10-17;/h4-12,15H,13-14H2,1-3H3;1H/p+1. The topological polar surface area (TPSA) is 40.0 Å². The molecule has 0 saturated heterocycles. The van der Waals surface area contributed by atoms with Gasteiger partial charge in [-0.15, -0.1) is 12.4 Å². The molecule has 0 aliphatic carbocycles. The Hall–Kier alpha value is -2.30. The highest BCUT2D eigenvalue weighted by atomic mass is 35.5. The third-order valence-corrected chi connectivity index (χ3v) is 3.57. The number of methoxy groups -OCH3 is 1. The van der Waals surface area contributed by atoms with Gasteiger partial charge in [-0.25, -0.2) is 4.79 Å². The van der Waals surface area contributed by atoms with E-state index in [2.05, 4.69) is 0 Å². The molecule has 25 heavy (non-hydrogen) atoms. The Kier molecular flexibility index (Phi) is 8.75. The van der Waals surface area contributed by atoms with Crippen LogP contribution in [0.3, 0.4) is 0 Å². The lowest BCUT2D eigenvalue weighted by molar-refractivity contribution is -0.858. The first-order valence-corrected chi connectivity index (χ1v) is 7.97. The van der Waals surface area contributed by atoms with Crippen LogP contribution in [0, 0.1) is 0 Å². The van der Waals surface area contributed by atoms with Gasteiger partial charge in [0.05, 0.1) is 26.8 Å². The zero-order valence-electron chi connectivity index (χ0n) is 14.8. The first kappa shape index (κ1) is 20.7. The highest BCUT2D eigenvalue weighted by Gasteiger charge is 2.14. The van der Waals surface area contributed by atoms with Gasteiger partial charge in [0.1, 0.15) is 18.9 Å². The van der Waals surface area contributed by atoms with Crippen molar-refractivity contribution >= 4 is 30.0 Å². The number of benzene rings is 2. The van der Waals surface area contributed by atoms with Gasteiger partial charge in [-0.05, 0) is 29.3 Å². The number of quaternary nitrogens is 1. The minimum absolute atomic E-state index is 0. The highest BCUT2D eigenvalue weighted by Crippen LogP contribution is 2.22. The van der Waals surface area contributed by atoms with Gasteiger partial charge in [0.25, 0.3) is 0 Å². The summed E-state index contributed by atoms with van der Waals surface area (Å²) in [5.74, 6) is 0.438. The van der Waals surface area contributed by atoms with Crippen molar-refractivity contribution in [1.82, 2.24) is 0 Å². The molecule has 0 amide bonds. The van der Waals surface area contributed by atoms with Crippen molar-refractivity contribution < 1.29 is 19.2 Å². The molecule has 0 unspecified atom stereocenters. The molecule has 0 spiro atoms. The SMILES string of the molecule is COc1ccc(C(=Cc2ccccc2)C(=O)OCC[NH+](C)C)cc1.Cl. The lowest BCUT2D eigenvalue weighted by Gasteiger charge is -2.11. The first-order valence-electron chi connectivity index (χ1n) is 7.97. The van der Waals surface area contributed by atoms with Crippen LogP contribution in [0.25, 0.3) is 11.6 Å². The Morgan fingerprint density at radius 2 is 1.68 bits per heavy atom. The Bertz CT molecular complexity index is 682. The van der Waals surface area contributed by atoms with E-state index in [1.54, 1.807) is 7.11 Å². The second kappa shape index (κ2) is 10.5. The van der Waals surface area contributed by atoms with Crippen molar-refractivity contribution in [3.8, 4) is 5.75 Å². The summed E-state index contributed by atoms with van der Waals surface area (Å²) in [4.78, 5) is 13.8. The smallest absolute Gasteiger partial charge is 0.338 e. The third-order valence-electron chi connectivity index (χ3n) is 3.57. The second-order valence-corrected chi connectivity index (χ2v) is 5.79. The lowest BCUT2D eigenvalue weighted by Crippen LogP contribution is -3.06. The van der Waals surface area contributed by atoms with E-state index in [1.807, 2.05) is 74.8 Å². The number of hydrogen-bond donors (Lipinski definition) is 1. The van der Waals surface area contributed by atoms with Gasteiger partial charge in [-0.1, -0.05) is 42.5 Å². The summed E-state index contributed by atoms with van der Waals surface area (Å²) in [7, 11) is 5.67. The predicted molar refractivity (Wildman–Crippen MR) is 103 cm³/mol. The van der Waals surface area contributed by atoms with Crippen LogP contribution in [0.2, 0.25) is 0 Å². The highest BCUT2D eigenvalue weighted by molar-refractivity contribution is 6.21. The van der Waals surface area contributed by atoms with Crippen molar-refractivity contribution in [3.05, 3.63) is 65.7 Å². The molecule has 0 aliphatic rings. The number of likely N-dealkylation sites (N-methyl/N-ethyl adjacent to an activating group) is 1. The molecule has 134 valence electrons. The van der Waals surface area contributed by atoms with E-state index in [-0.39, 0.29) is 18.4 Å². The minimum Gasteiger partial charge on any atom is -0.497 e. The Balaban J connectivity index is 0.00000312. The van der Waals surface area contributed by atoms with Crippen LogP contribution in [0.1, 0.15) is 11.1 Å². The molecule has 0 aromatic heterocycles. The normalized spacial score (nSPS) is 11.0. The lowest BCUT2D eigenvalue weighted by atomic mass is 10.0.